The summed E-state index contributed by atoms with van der Waals surface area (Å²) in [7, 11) is 0. The molecule has 0 atom stereocenters. The third-order valence-electron chi connectivity index (χ3n) is 14.2. The molecule has 0 aliphatic rings. The van der Waals surface area contributed by atoms with Gasteiger partial charge in [0.05, 0.1) is 34.2 Å². The zero-order valence-electron chi connectivity index (χ0n) is 43.3. The Morgan fingerprint density at radius 1 is 0.192 bits per heavy atom. The first kappa shape index (κ1) is 48.7. The van der Waals surface area contributed by atoms with Crippen LogP contribution in [0.25, 0.3) is 132 Å². The summed E-state index contributed by atoms with van der Waals surface area (Å²) in [6.45, 7) is 6.47. The summed E-state index contributed by atoms with van der Waals surface area (Å²) in [5, 5.41) is 0. The molecule has 7 aromatic carbocycles. The van der Waals surface area contributed by atoms with E-state index in [4.69, 9.17) is 15.0 Å². The van der Waals surface area contributed by atoms with E-state index in [1.807, 2.05) is 34.0 Å². The lowest BCUT2D eigenvalue weighted by atomic mass is 9.93. The van der Waals surface area contributed by atoms with Crippen molar-refractivity contribution in [2.45, 2.75) is 20.8 Å². The van der Waals surface area contributed by atoms with Crippen LogP contribution in [0.4, 0.5) is 0 Å². The number of hydrogen-bond donors (Lipinski definition) is 0. The second-order valence-electron chi connectivity index (χ2n) is 19.7. The average Bonchev–Trinajstić information content (AvgIpc) is 4.29. The largest absolute Gasteiger partial charge is 0.248 e. The van der Waals surface area contributed by atoms with Crippen molar-refractivity contribution in [3.63, 3.8) is 0 Å². The number of aryl methyl sites for hydroxylation is 3. The van der Waals surface area contributed by atoms with Crippen molar-refractivity contribution in [1.82, 2.24) is 15.0 Å². The van der Waals surface area contributed by atoms with E-state index >= 15 is 0 Å². The second kappa shape index (κ2) is 21.3. The molecular formula is C72H51N3S3. The molecule has 0 N–H and O–H groups in total. The SMILES string of the molecule is Cc1ccc(-c2ccc(-c3cc(-c4ccccc4)cc(-c4cc(-c5cc(-c6ccccc6)cc(-c6ccc(-c7ccc(C)s7)cc6)n5)cc(-c5cc(-c6ccccc6)cc(-c6ccc(-c7ccc(C)s7)cc6)n5)c4)n3)cc2)s1. The third kappa shape index (κ3) is 10.4. The molecular weight excluding hydrogens is 1000 g/mol. The highest BCUT2D eigenvalue weighted by atomic mass is 32.1. The third-order valence-corrected chi connectivity index (χ3v) is 17.4. The first-order valence-electron chi connectivity index (χ1n) is 26.2. The van der Waals surface area contributed by atoms with E-state index in [9.17, 15) is 0 Å². The molecule has 0 saturated heterocycles. The van der Waals surface area contributed by atoms with E-state index in [1.165, 1.54) is 46.0 Å². The van der Waals surface area contributed by atoms with Crippen LogP contribution in [-0.4, -0.2) is 15.0 Å². The molecule has 78 heavy (non-hydrogen) atoms. The fourth-order valence-electron chi connectivity index (χ4n) is 10.1. The molecule has 0 unspecified atom stereocenters. The van der Waals surface area contributed by atoms with Crippen LogP contribution in [0.3, 0.4) is 0 Å². The van der Waals surface area contributed by atoms with Crippen LogP contribution < -0.4 is 0 Å². The summed E-state index contributed by atoms with van der Waals surface area (Å²) in [6, 6.07) is 91.7. The molecule has 13 aromatic rings. The summed E-state index contributed by atoms with van der Waals surface area (Å²) in [6.07, 6.45) is 0. The van der Waals surface area contributed by atoms with Gasteiger partial charge >= 0.3 is 0 Å². The highest BCUT2D eigenvalue weighted by Gasteiger charge is 2.18. The topological polar surface area (TPSA) is 38.7 Å². The number of hydrogen-bond acceptors (Lipinski definition) is 6. The van der Waals surface area contributed by atoms with Gasteiger partial charge in [-0.3, -0.25) is 0 Å². The predicted octanol–water partition coefficient (Wildman–Crippen LogP) is 21.0. The Labute approximate surface area is 468 Å². The lowest BCUT2D eigenvalue weighted by Gasteiger charge is -2.16. The van der Waals surface area contributed by atoms with Crippen LogP contribution in [0.5, 0.6) is 0 Å². The first-order valence-corrected chi connectivity index (χ1v) is 28.6. The monoisotopic (exact) mass is 1050 g/mol. The van der Waals surface area contributed by atoms with Gasteiger partial charge in [-0.25, -0.2) is 15.0 Å². The van der Waals surface area contributed by atoms with E-state index in [2.05, 4.69) is 276 Å². The molecule has 6 aromatic heterocycles. The van der Waals surface area contributed by atoms with E-state index < -0.39 is 0 Å². The molecule has 0 aliphatic heterocycles. The van der Waals surface area contributed by atoms with Gasteiger partial charge in [-0.15, -0.1) is 34.0 Å². The predicted molar refractivity (Wildman–Crippen MR) is 333 cm³/mol. The van der Waals surface area contributed by atoms with Crippen molar-refractivity contribution in [3.05, 3.63) is 269 Å². The Morgan fingerprint density at radius 2 is 0.423 bits per heavy atom. The summed E-state index contributed by atoms with van der Waals surface area (Å²) >= 11 is 5.44. The summed E-state index contributed by atoms with van der Waals surface area (Å²) in [5.74, 6) is 0. The van der Waals surface area contributed by atoms with Gasteiger partial charge in [-0.2, -0.15) is 0 Å². The number of pyridine rings is 3. The highest BCUT2D eigenvalue weighted by Crippen LogP contribution is 2.41. The minimum absolute atomic E-state index is 0.852. The molecule has 0 spiro atoms. The minimum Gasteiger partial charge on any atom is -0.248 e. The average molecular weight is 1050 g/mol. The van der Waals surface area contributed by atoms with Crippen molar-refractivity contribution in [3.8, 4) is 132 Å². The van der Waals surface area contributed by atoms with Gasteiger partial charge in [-0.05, 0) is 162 Å². The molecule has 0 fully saturated rings. The van der Waals surface area contributed by atoms with Crippen molar-refractivity contribution in [2.24, 2.45) is 0 Å². The van der Waals surface area contributed by atoms with Crippen LogP contribution in [0, 0.1) is 20.8 Å². The van der Waals surface area contributed by atoms with Gasteiger partial charge in [0.2, 0.25) is 0 Å². The van der Waals surface area contributed by atoms with E-state index in [1.54, 1.807) is 0 Å². The lowest BCUT2D eigenvalue weighted by Crippen LogP contribution is -1.96. The Kier molecular flexibility index (Phi) is 13.3. The van der Waals surface area contributed by atoms with E-state index in [-0.39, 0.29) is 0 Å². The first-order chi connectivity index (χ1) is 38.3. The van der Waals surface area contributed by atoms with Gasteiger partial charge in [0, 0.05) is 62.6 Å². The van der Waals surface area contributed by atoms with Crippen molar-refractivity contribution >= 4 is 34.0 Å². The van der Waals surface area contributed by atoms with Crippen LogP contribution in [0.15, 0.2) is 255 Å². The van der Waals surface area contributed by atoms with Gasteiger partial charge in [-0.1, -0.05) is 164 Å². The molecule has 0 saturated carbocycles. The van der Waals surface area contributed by atoms with Crippen LogP contribution in [-0.2, 0) is 0 Å². The standard InChI is InChI=1S/C72H51N3S3/c1-46-19-34-70(76-46)55-28-22-52(23-29-55)64-40-58(49-13-7-4-8-14-49)43-67(73-64)61-37-62(68-44-59(50-15-9-5-10-16-50)41-65(74-68)53-24-30-56(31-25-53)71-35-20-47(2)77-71)39-63(38-61)69-45-60(51-17-11-6-12-18-51)42-66(75-69)54-26-32-57(33-27-54)72-36-21-48(3)78-72/h4-45H,1-3H3. The summed E-state index contributed by atoms with van der Waals surface area (Å²) in [4.78, 5) is 24.4. The normalized spacial score (nSPS) is 11.3. The Morgan fingerprint density at radius 3 is 0.654 bits per heavy atom. The number of thiophene rings is 3. The maximum atomic E-state index is 5.57. The maximum Gasteiger partial charge on any atom is 0.0716 e. The van der Waals surface area contributed by atoms with Crippen molar-refractivity contribution < 1.29 is 0 Å². The minimum atomic E-state index is 0.852. The van der Waals surface area contributed by atoms with E-state index in [0.717, 1.165) is 101 Å². The van der Waals surface area contributed by atoms with Gasteiger partial charge in [0.1, 0.15) is 0 Å². The van der Waals surface area contributed by atoms with Crippen molar-refractivity contribution in [1.29, 1.82) is 0 Å². The molecule has 6 heterocycles. The molecule has 3 nitrogen and oxygen atoms in total. The molecule has 0 amide bonds. The molecule has 13 rings (SSSR count). The number of benzene rings is 7. The van der Waals surface area contributed by atoms with Gasteiger partial charge in [0.15, 0.2) is 0 Å². The molecule has 0 bridgehead atoms. The molecule has 0 radical (unpaired) electrons. The number of nitrogens with zero attached hydrogens (tertiary/aromatic N) is 3. The Balaban J connectivity index is 1.02. The molecule has 6 heteroatoms. The summed E-state index contributed by atoms with van der Waals surface area (Å²) < 4.78 is 0. The fraction of sp³-hybridized carbons (Fsp3) is 0.0417. The zero-order chi connectivity index (χ0) is 52.5. The van der Waals surface area contributed by atoms with Gasteiger partial charge in [0.25, 0.3) is 0 Å². The van der Waals surface area contributed by atoms with Crippen molar-refractivity contribution in [2.75, 3.05) is 0 Å². The van der Waals surface area contributed by atoms with Crippen LogP contribution >= 0.6 is 34.0 Å². The molecule has 372 valence electrons. The second-order valence-corrected chi connectivity index (χ2v) is 23.6. The highest BCUT2D eigenvalue weighted by molar-refractivity contribution is 7.16. The Hall–Kier alpha value is -8.91. The molecule has 0 aliphatic carbocycles. The zero-order valence-corrected chi connectivity index (χ0v) is 45.8. The van der Waals surface area contributed by atoms with Crippen LogP contribution in [0.2, 0.25) is 0 Å². The van der Waals surface area contributed by atoms with E-state index in [0.29, 0.717) is 0 Å². The summed E-state index contributed by atoms with van der Waals surface area (Å²) in [5.41, 5.74) is 21.5. The van der Waals surface area contributed by atoms with Gasteiger partial charge < -0.3 is 0 Å². The van der Waals surface area contributed by atoms with Crippen LogP contribution in [0.1, 0.15) is 14.6 Å². The number of rotatable bonds is 12. The maximum absolute atomic E-state index is 5.57. The fourth-order valence-corrected chi connectivity index (χ4v) is 12.7. The lowest BCUT2D eigenvalue weighted by molar-refractivity contribution is 1.29. The number of aromatic nitrogens is 3. The smallest absolute Gasteiger partial charge is 0.0716 e. The Bertz CT molecular complexity index is 3800. The quantitative estimate of drug-likeness (QED) is 0.122.